The van der Waals surface area contributed by atoms with Gasteiger partial charge < -0.3 is 5.11 Å². The van der Waals surface area contributed by atoms with E-state index in [9.17, 15) is 0 Å². The number of β-amino-alcohol motifs (C(OH)–C–C–N with tert-alkyl or cyclic N) is 1. The largest absolute Gasteiger partial charge is 0.395 e. The Labute approximate surface area is 67.0 Å². The summed E-state index contributed by atoms with van der Waals surface area (Å²) in [6, 6.07) is 2.25. The Kier molecular flexibility index (Phi) is 2.48. The summed E-state index contributed by atoms with van der Waals surface area (Å²) >= 11 is 0. The molecule has 0 amide bonds. The third kappa shape index (κ3) is 1.92. The van der Waals surface area contributed by atoms with Gasteiger partial charge in [0.25, 0.3) is 0 Å². The molecule has 0 aromatic rings. The number of nitriles is 1. The van der Waals surface area contributed by atoms with E-state index in [1.165, 1.54) is 0 Å². The minimum atomic E-state index is -0.400. The number of hydrogen-bond acceptors (Lipinski definition) is 3. The summed E-state index contributed by atoms with van der Waals surface area (Å²) in [6.45, 7) is 2.52. The second kappa shape index (κ2) is 3.21. The molecule has 0 spiro atoms. The van der Waals surface area contributed by atoms with E-state index in [-0.39, 0.29) is 6.61 Å². The molecule has 0 aliphatic heterocycles. The van der Waals surface area contributed by atoms with Crippen LogP contribution in [0.5, 0.6) is 0 Å². The van der Waals surface area contributed by atoms with E-state index in [0.717, 1.165) is 12.8 Å². The molecule has 1 saturated carbocycles. The SMILES string of the molecule is C[C@](C#N)(NCCO)C1CC1. The van der Waals surface area contributed by atoms with Gasteiger partial charge in [-0.15, -0.1) is 0 Å². The normalized spacial score (nSPS) is 22.3. The van der Waals surface area contributed by atoms with Crippen molar-refractivity contribution in [3.05, 3.63) is 0 Å². The summed E-state index contributed by atoms with van der Waals surface area (Å²) in [6.07, 6.45) is 2.28. The maximum absolute atomic E-state index is 8.83. The molecule has 0 saturated heterocycles. The maximum Gasteiger partial charge on any atom is 0.106 e. The highest BCUT2D eigenvalue weighted by molar-refractivity contribution is 5.12. The second-order valence-corrected chi connectivity index (χ2v) is 3.24. The van der Waals surface area contributed by atoms with E-state index in [2.05, 4.69) is 11.4 Å². The van der Waals surface area contributed by atoms with Crippen LogP contribution >= 0.6 is 0 Å². The van der Waals surface area contributed by atoms with Gasteiger partial charge in [0.1, 0.15) is 5.54 Å². The molecule has 0 aromatic heterocycles. The Bertz CT molecular complexity index is 171. The van der Waals surface area contributed by atoms with Crippen molar-refractivity contribution in [3.8, 4) is 6.07 Å². The lowest BCUT2D eigenvalue weighted by Crippen LogP contribution is -2.44. The molecule has 1 aliphatic carbocycles. The fraction of sp³-hybridized carbons (Fsp3) is 0.875. The van der Waals surface area contributed by atoms with Crippen LogP contribution in [0.15, 0.2) is 0 Å². The van der Waals surface area contributed by atoms with Crippen LogP contribution in [0.25, 0.3) is 0 Å². The highest BCUT2D eigenvalue weighted by Gasteiger charge is 2.41. The smallest absolute Gasteiger partial charge is 0.106 e. The van der Waals surface area contributed by atoms with Gasteiger partial charge in [0.15, 0.2) is 0 Å². The first kappa shape index (κ1) is 8.51. The molecule has 1 rings (SSSR count). The molecule has 3 heteroatoms. The Morgan fingerprint density at radius 2 is 2.36 bits per heavy atom. The first-order valence-corrected chi connectivity index (χ1v) is 4.00. The van der Waals surface area contributed by atoms with Gasteiger partial charge in [-0.05, 0) is 25.7 Å². The average molecular weight is 154 g/mol. The van der Waals surface area contributed by atoms with E-state index < -0.39 is 5.54 Å². The highest BCUT2D eigenvalue weighted by atomic mass is 16.3. The minimum Gasteiger partial charge on any atom is -0.395 e. The zero-order valence-corrected chi connectivity index (χ0v) is 6.80. The molecule has 0 radical (unpaired) electrons. The van der Waals surface area contributed by atoms with Crippen molar-refractivity contribution in [1.29, 1.82) is 5.26 Å². The lowest BCUT2D eigenvalue weighted by atomic mass is 9.98. The molecule has 3 nitrogen and oxygen atoms in total. The molecule has 0 bridgehead atoms. The van der Waals surface area contributed by atoms with E-state index in [1.807, 2.05) is 6.92 Å². The average Bonchev–Trinajstić information content (AvgIpc) is 2.82. The molecule has 62 valence electrons. The molecule has 0 aromatic carbocycles. The summed E-state index contributed by atoms with van der Waals surface area (Å²) in [5, 5.41) is 20.4. The van der Waals surface area contributed by atoms with Gasteiger partial charge in [0.05, 0.1) is 12.7 Å². The Balaban J connectivity index is 2.40. The van der Waals surface area contributed by atoms with Gasteiger partial charge in [-0.3, -0.25) is 5.32 Å². The molecule has 11 heavy (non-hydrogen) atoms. The van der Waals surface area contributed by atoms with Crippen molar-refractivity contribution in [2.75, 3.05) is 13.2 Å². The number of nitrogens with one attached hydrogen (secondary N) is 1. The number of nitrogens with zero attached hydrogens (tertiary/aromatic N) is 1. The van der Waals surface area contributed by atoms with Gasteiger partial charge >= 0.3 is 0 Å². The summed E-state index contributed by atoms with van der Waals surface area (Å²) in [5.41, 5.74) is -0.400. The van der Waals surface area contributed by atoms with Crippen LogP contribution in [-0.2, 0) is 0 Å². The lowest BCUT2D eigenvalue weighted by Gasteiger charge is -2.21. The van der Waals surface area contributed by atoms with E-state index in [1.54, 1.807) is 0 Å². The number of aliphatic hydroxyl groups is 1. The first-order valence-electron chi connectivity index (χ1n) is 4.00. The quantitative estimate of drug-likeness (QED) is 0.610. The molecular weight excluding hydrogens is 140 g/mol. The van der Waals surface area contributed by atoms with Gasteiger partial charge in [-0.1, -0.05) is 0 Å². The maximum atomic E-state index is 8.83. The fourth-order valence-corrected chi connectivity index (χ4v) is 1.25. The topological polar surface area (TPSA) is 56.0 Å². The molecule has 2 N–H and O–H groups in total. The molecule has 0 unspecified atom stereocenters. The third-order valence-corrected chi connectivity index (χ3v) is 2.23. The van der Waals surface area contributed by atoms with Crippen LogP contribution in [-0.4, -0.2) is 23.8 Å². The summed E-state index contributed by atoms with van der Waals surface area (Å²) in [5.74, 6) is 0.499. The highest BCUT2D eigenvalue weighted by Crippen LogP contribution is 2.38. The summed E-state index contributed by atoms with van der Waals surface area (Å²) in [4.78, 5) is 0. The van der Waals surface area contributed by atoms with Crippen molar-refractivity contribution >= 4 is 0 Å². The van der Waals surface area contributed by atoms with Gasteiger partial charge in [-0.2, -0.15) is 5.26 Å². The Hall–Kier alpha value is -0.590. The van der Waals surface area contributed by atoms with Crippen LogP contribution < -0.4 is 5.32 Å². The van der Waals surface area contributed by atoms with Crippen LogP contribution in [0.2, 0.25) is 0 Å². The number of hydrogen-bond donors (Lipinski definition) is 2. The predicted octanol–water partition coefficient (Wildman–Crippen LogP) is 0.261. The Morgan fingerprint density at radius 1 is 1.73 bits per heavy atom. The number of rotatable bonds is 4. The van der Waals surface area contributed by atoms with E-state index in [0.29, 0.717) is 12.5 Å². The standard InChI is InChI=1S/C8H14N2O/c1-8(6-9,7-2-3-7)10-4-5-11/h7,10-11H,2-5H2,1H3/t8-/m1/s1. The fourth-order valence-electron chi connectivity index (χ4n) is 1.25. The van der Waals surface area contributed by atoms with E-state index in [4.69, 9.17) is 10.4 Å². The summed E-state index contributed by atoms with van der Waals surface area (Å²) in [7, 11) is 0. The van der Waals surface area contributed by atoms with Crippen molar-refractivity contribution < 1.29 is 5.11 Å². The zero-order valence-electron chi connectivity index (χ0n) is 6.80. The first-order chi connectivity index (χ1) is 5.23. The van der Waals surface area contributed by atoms with Gasteiger partial charge in [-0.25, -0.2) is 0 Å². The Morgan fingerprint density at radius 3 is 2.73 bits per heavy atom. The number of aliphatic hydroxyl groups excluding tert-OH is 1. The molecule has 0 heterocycles. The van der Waals surface area contributed by atoms with Gasteiger partial charge in [0, 0.05) is 6.54 Å². The monoisotopic (exact) mass is 154 g/mol. The molecule has 1 aliphatic rings. The van der Waals surface area contributed by atoms with Gasteiger partial charge in [0.2, 0.25) is 0 Å². The minimum absolute atomic E-state index is 0.101. The van der Waals surface area contributed by atoms with Crippen LogP contribution in [0.4, 0.5) is 0 Å². The second-order valence-electron chi connectivity index (χ2n) is 3.24. The van der Waals surface area contributed by atoms with E-state index >= 15 is 0 Å². The lowest BCUT2D eigenvalue weighted by molar-refractivity contribution is 0.269. The zero-order chi connectivity index (χ0) is 8.32. The van der Waals surface area contributed by atoms with Crippen LogP contribution in [0, 0.1) is 17.2 Å². The molecule has 1 atom stereocenters. The van der Waals surface area contributed by atoms with Crippen LogP contribution in [0.3, 0.4) is 0 Å². The molecular formula is C8H14N2O. The van der Waals surface area contributed by atoms with Crippen molar-refractivity contribution in [2.45, 2.75) is 25.3 Å². The summed E-state index contributed by atoms with van der Waals surface area (Å²) < 4.78 is 0. The van der Waals surface area contributed by atoms with Crippen molar-refractivity contribution in [3.63, 3.8) is 0 Å². The van der Waals surface area contributed by atoms with Crippen molar-refractivity contribution in [1.82, 2.24) is 5.32 Å². The third-order valence-electron chi connectivity index (χ3n) is 2.23. The van der Waals surface area contributed by atoms with Crippen molar-refractivity contribution in [2.24, 2.45) is 5.92 Å². The predicted molar refractivity (Wildman–Crippen MR) is 41.8 cm³/mol. The van der Waals surface area contributed by atoms with Crippen LogP contribution in [0.1, 0.15) is 19.8 Å². The molecule has 1 fully saturated rings.